The van der Waals surface area contributed by atoms with Crippen LogP contribution >= 0.6 is 0 Å². The molecule has 0 saturated heterocycles. The first-order chi connectivity index (χ1) is 13.6. The molecule has 0 unspecified atom stereocenters. The van der Waals surface area contributed by atoms with Gasteiger partial charge in [0.05, 0.1) is 6.04 Å². The Morgan fingerprint density at radius 2 is 1.89 bits per heavy atom. The molecular formula is C22H29N3O3. The van der Waals surface area contributed by atoms with Crippen molar-refractivity contribution in [2.75, 3.05) is 27.4 Å². The molecule has 2 N–H and O–H groups in total. The molecule has 0 spiro atoms. The molecule has 0 radical (unpaired) electrons. The van der Waals surface area contributed by atoms with Crippen molar-refractivity contribution >= 4 is 6.03 Å². The van der Waals surface area contributed by atoms with Crippen LogP contribution in [0.5, 0.6) is 11.5 Å². The third-order valence-corrected chi connectivity index (χ3v) is 5.08. The van der Waals surface area contributed by atoms with E-state index in [1.165, 1.54) is 0 Å². The van der Waals surface area contributed by atoms with Crippen LogP contribution in [0.25, 0.3) is 0 Å². The van der Waals surface area contributed by atoms with E-state index in [9.17, 15) is 4.79 Å². The number of rotatable bonds is 8. The molecule has 2 aromatic rings. The van der Waals surface area contributed by atoms with Crippen molar-refractivity contribution in [1.29, 1.82) is 0 Å². The number of likely N-dealkylation sites (N-methyl/N-ethyl adjacent to an activating group) is 1. The molecule has 1 aliphatic rings. The maximum absolute atomic E-state index is 12.5. The van der Waals surface area contributed by atoms with E-state index in [-0.39, 0.29) is 24.9 Å². The molecule has 0 aliphatic carbocycles. The Morgan fingerprint density at radius 3 is 2.61 bits per heavy atom. The number of para-hydroxylation sites is 1. The van der Waals surface area contributed by atoms with Gasteiger partial charge in [-0.1, -0.05) is 49.4 Å². The predicted molar refractivity (Wildman–Crippen MR) is 110 cm³/mol. The molecule has 0 bridgehead atoms. The average Bonchev–Trinajstić information content (AvgIpc) is 3.19. The van der Waals surface area contributed by atoms with Gasteiger partial charge in [0.2, 0.25) is 6.79 Å². The highest BCUT2D eigenvalue weighted by molar-refractivity contribution is 5.74. The number of hydrogen-bond acceptors (Lipinski definition) is 4. The van der Waals surface area contributed by atoms with Crippen LogP contribution in [0.3, 0.4) is 0 Å². The summed E-state index contributed by atoms with van der Waals surface area (Å²) >= 11 is 0. The van der Waals surface area contributed by atoms with E-state index in [4.69, 9.17) is 9.47 Å². The van der Waals surface area contributed by atoms with Crippen molar-refractivity contribution < 1.29 is 14.3 Å². The number of urea groups is 1. The van der Waals surface area contributed by atoms with E-state index in [0.717, 1.165) is 35.5 Å². The van der Waals surface area contributed by atoms with Crippen LogP contribution in [-0.4, -0.2) is 44.4 Å². The second kappa shape index (κ2) is 9.46. The zero-order valence-electron chi connectivity index (χ0n) is 16.8. The lowest BCUT2D eigenvalue weighted by atomic mass is 10.0. The van der Waals surface area contributed by atoms with Gasteiger partial charge in [0.25, 0.3) is 0 Å². The van der Waals surface area contributed by atoms with Crippen molar-refractivity contribution in [2.24, 2.45) is 0 Å². The van der Waals surface area contributed by atoms with E-state index in [0.29, 0.717) is 6.54 Å². The van der Waals surface area contributed by atoms with Crippen LogP contribution in [0.4, 0.5) is 4.79 Å². The lowest BCUT2D eigenvalue weighted by Gasteiger charge is -2.26. The Hall–Kier alpha value is -2.73. The summed E-state index contributed by atoms with van der Waals surface area (Å²) < 4.78 is 11.1. The minimum absolute atomic E-state index is 0.00180. The number of hydrogen-bond donors (Lipinski definition) is 2. The first kappa shape index (κ1) is 20.0. The predicted octanol–water partition coefficient (Wildman–Crippen LogP) is 3.34. The summed E-state index contributed by atoms with van der Waals surface area (Å²) in [6, 6.07) is 16.0. The second-order valence-electron chi connectivity index (χ2n) is 7.20. The first-order valence-corrected chi connectivity index (χ1v) is 9.71. The fraction of sp³-hybridized carbons (Fsp3) is 0.409. The molecule has 150 valence electrons. The van der Waals surface area contributed by atoms with E-state index in [2.05, 4.69) is 22.5 Å². The molecule has 3 rings (SSSR count). The summed E-state index contributed by atoms with van der Waals surface area (Å²) in [6.07, 6.45) is 1.59. The topological polar surface area (TPSA) is 62.8 Å². The Morgan fingerprint density at radius 1 is 1.11 bits per heavy atom. The van der Waals surface area contributed by atoms with E-state index < -0.39 is 0 Å². The average molecular weight is 383 g/mol. The smallest absolute Gasteiger partial charge is 0.315 e. The number of fused-ring (bicyclic) bond motifs is 1. The van der Waals surface area contributed by atoms with Gasteiger partial charge in [-0.25, -0.2) is 4.79 Å². The summed E-state index contributed by atoms with van der Waals surface area (Å²) in [4.78, 5) is 14.6. The largest absolute Gasteiger partial charge is 0.454 e. The van der Waals surface area contributed by atoms with Gasteiger partial charge in [0.15, 0.2) is 11.5 Å². The molecule has 2 aromatic carbocycles. The van der Waals surface area contributed by atoms with Gasteiger partial charge < -0.3 is 25.0 Å². The molecule has 28 heavy (non-hydrogen) atoms. The zero-order chi connectivity index (χ0) is 19.9. The third kappa shape index (κ3) is 4.95. The highest BCUT2D eigenvalue weighted by Crippen LogP contribution is 2.36. The molecule has 1 aliphatic heterocycles. The highest BCUT2D eigenvalue weighted by Gasteiger charge is 2.22. The number of carbonyl (C=O) groups excluding carboxylic acids is 1. The lowest BCUT2D eigenvalue weighted by Crippen LogP contribution is -2.45. The van der Waals surface area contributed by atoms with E-state index in [1.54, 1.807) is 0 Å². The summed E-state index contributed by atoms with van der Waals surface area (Å²) in [5.41, 5.74) is 2.20. The minimum atomic E-state index is -0.152. The van der Waals surface area contributed by atoms with Crippen molar-refractivity contribution in [3.8, 4) is 11.5 Å². The number of ether oxygens (including phenoxy) is 2. The Labute approximate surface area is 166 Å². The van der Waals surface area contributed by atoms with Gasteiger partial charge in [-0.3, -0.25) is 0 Å². The Balaban J connectivity index is 1.58. The lowest BCUT2D eigenvalue weighted by molar-refractivity contribution is 0.172. The van der Waals surface area contributed by atoms with Gasteiger partial charge in [-0.05, 0) is 44.1 Å². The Bertz CT molecular complexity index is 780. The van der Waals surface area contributed by atoms with Crippen LogP contribution in [0.1, 0.15) is 30.5 Å². The van der Waals surface area contributed by atoms with Gasteiger partial charge in [0, 0.05) is 12.6 Å². The number of benzene rings is 2. The zero-order valence-corrected chi connectivity index (χ0v) is 16.8. The maximum atomic E-state index is 12.5. The van der Waals surface area contributed by atoms with Crippen LogP contribution in [0.2, 0.25) is 0 Å². The van der Waals surface area contributed by atoms with Crippen molar-refractivity contribution in [3.05, 3.63) is 59.7 Å². The molecular weight excluding hydrogens is 354 g/mol. The standard InChI is InChI=1S/C22H29N3O3/c1-4-19(16-9-6-5-7-10-16)24-22(26)23-14-18(25(2)3)13-17-11-8-12-20-21(17)28-15-27-20/h5-12,18-19H,4,13-15H2,1-3H3,(H2,23,24,26)/t18-,19-/m0/s1. The summed E-state index contributed by atoms with van der Waals surface area (Å²) in [7, 11) is 4.03. The monoisotopic (exact) mass is 383 g/mol. The van der Waals surface area contributed by atoms with Gasteiger partial charge in [-0.2, -0.15) is 0 Å². The molecule has 2 amide bonds. The third-order valence-electron chi connectivity index (χ3n) is 5.08. The summed E-state index contributed by atoms with van der Waals surface area (Å²) in [6.45, 7) is 2.87. The van der Waals surface area contributed by atoms with Crippen LogP contribution in [-0.2, 0) is 6.42 Å². The number of amides is 2. The molecule has 6 nitrogen and oxygen atoms in total. The van der Waals surface area contributed by atoms with Gasteiger partial charge >= 0.3 is 6.03 Å². The maximum Gasteiger partial charge on any atom is 0.315 e. The van der Waals surface area contributed by atoms with Crippen molar-refractivity contribution in [2.45, 2.75) is 31.8 Å². The quantitative estimate of drug-likeness (QED) is 0.734. The van der Waals surface area contributed by atoms with E-state index >= 15 is 0 Å². The fourth-order valence-electron chi connectivity index (χ4n) is 3.37. The number of nitrogens with zero attached hydrogens (tertiary/aromatic N) is 1. The number of carbonyl (C=O) groups is 1. The van der Waals surface area contributed by atoms with Crippen molar-refractivity contribution in [3.63, 3.8) is 0 Å². The van der Waals surface area contributed by atoms with Gasteiger partial charge in [0.1, 0.15) is 0 Å². The van der Waals surface area contributed by atoms with Gasteiger partial charge in [-0.15, -0.1) is 0 Å². The van der Waals surface area contributed by atoms with Crippen LogP contribution in [0.15, 0.2) is 48.5 Å². The fourth-order valence-corrected chi connectivity index (χ4v) is 3.37. The second-order valence-corrected chi connectivity index (χ2v) is 7.20. The first-order valence-electron chi connectivity index (χ1n) is 9.71. The molecule has 1 heterocycles. The van der Waals surface area contributed by atoms with Crippen LogP contribution < -0.4 is 20.1 Å². The molecule has 0 aromatic heterocycles. The minimum Gasteiger partial charge on any atom is -0.454 e. The van der Waals surface area contributed by atoms with Crippen LogP contribution in [0, 0.1) is 0 Å². The Kier molecular flexibility index (Phi) is 6.76. The molecule has 0 fully saturated rings. The molecule has 0 saturated carbocycles. The normalized spacial score (nSPS) is 14.6. The SMILES string of the molecule is CC[C@H](NC(=O)NC[C@H](Cc1cccc2c1OCO2)N(C)C)c1ccccc1. The molecule has 6 heteroatoms. The molecule has 2 atom stereocenters. The number of nitrogens with one attached hydrogen (secondary N) is 2. The van der Waals surface area contributed by atoms with E-state index in [1.807, 2.05) is 62.6 Å². The summed E-state index contributed by atoms with van der Waals surface area (Å²) in [5, 5.41) is 6.09. The highest BCUT2D eigenvalue weighted by atomic mass is 16.7. The summed E-state index contributed by atoms with van der Waals surface area (Å²) in [5.74, 6) is 1.60. The van der Waals surface area contributed by atoms with Crippen molar-refractivity contribution in [1.82, 2.24) is 15.5 Å².